The lowest BCUT2D eigenvalue weighted by Gasteiger charge is -2.28. The second kappa shape index (κ2) is 4.04. The zero-order valence-corrected chi connectivity index (χ0v) is 8.01. The summed E-state index contributed by atoms with van der Waals surface area (Å²) >= 11 is 7.98. The average molecular weight is 185 g/mol. The average Bonchev–Trinajstić information content (AvgIpc) is 1.59. The second-order valence-electron chi connectivity index (χ2n) is 2.16. The van der Waals surface area contributed by atoms with Gasteiger partial charge in [0.25, 0.3) is 0 Å². The lowest BCUT2D eigenvalue weighted by Crippen LogP contribution is -2.08. The molecule has 0 aliphatic carbocycles. The zero-order chi connectivity index (χ0) is 7.49. The molecule has 0 aromatic rings. The van der Waals surface area contributed by atoms with Gasteiger partial charge in [-0.25, -0.2) is 0 Å². The first kappa shape index (κ1) is 10.0. The fourth-order valence-corrected chi connectivity index (χ4v) is 1.11. The maximum absolute atomic E-state index is 10.6. The molecular weight excluding hydrogens is 175 g/mol. The van der Waals surface area contributed by atoms with Gasteiger partial charge in [0.15, 0.2) is 0 Å². The van der Waals surface area contributed by atoms with Gasteiger partial charge < -0.3 is 17.1 Å². The summed E-state index contributed by atoms with van der Waals surface area (Å²) < 4.78 is 4.73. The van der Waals surface area contributed by atoms with Crippen molar-refractivity contribution < 1.29 is 9.42 Å². The van der Waals surface area contributed by atoms with Gasteiger partial charge in [0, 0.05) is 18.4 Å². The molecule has 0 aliphatic rings. The van der Waals surface area contributed by atoms with E-state index in [1.807, 2.05) is 13.8 Å². The summed E-state index contributed by atoms with van der Waals surface area (Å²) in [6, 6.07) is 0. The maximum atomic E-state index is 10.6. The molecule has 1 atom stereocenters. The van der Waals surface area contributed by atoms with Gasteiger partial charge in [-0.15, -0.1) is 0 Å². The third-order valence-corrected chi connectivity index (χ3v) is 1.71. The van der Waals surface area contributed by atoms with Crippen LogP contribution in [0.5, 0.6) is 0 Å². The molecule has 2 nitrogen and oxygen atoms in total. The lowest BCUT2D eigenvalue weighted by atomic mass is 10.2. The van der Waals surface area contributed by atoms with Crippen molar-refractivity contribution in [3.63, 3.8) is 0 Å². The topological polar surface area (TPSA) is 32.3 Å². The first-order valence-electron chi connectivity index (χ1n) is 2.60. The maximum Gasteiger partial charge on any atom is 0.0912 e. The second-order valence-corrected chi connectivity index (χ2v) is 7.19. The van der Waals surface area contributed by atoms with Crippen LogP contribution >= 0.6 is 18.4 Å². The highest BCUT2D eigenvalue weighted by Crippen LogP contribution is 2.53. The van der Waals surface area contributed by atoms with Gasteiger partial charge in [-0.2, -0.15) is 0 Å². The van der Waals surface area contributed by atoms with Crippen LogP contribution < -0.4 is 4.89 Å². The molecule has 0 aromatic heterocycles. The standard InChI is InChI=1S/C4H11O2PS2/c1-4(2)3-6-7(5,8)9/h4H,3H2,1-2H3,(H2,5,8,9)/p-1. The highest BCUT2D eigenvalue weighted by molar-refractivity contribution is 8.75. The summed E-state index contributed by atoms with van der Waals surface area (Å²) in [5, 5.41) is 0. The van der Waals surface area contributed by atoms with E-state index in [4.69, 9.17) is 4.52 Å². The summed E-state index contributed by atoms with van der Waals surface area (Å²) in [6.45, 7) is 4.34. The van der Waals surface area contributed by atoms with E-state index in [2.05, 4.69) is 24.5 Å². The lowest BCUT2D eigenvalue weighted by molar-refractivity contribution is -0.177. The van der Waals surface area contributed by atoms with Crippen LogP contribution in [0.15, 0.2) is 0 Å². The van der Waals surface area contributed by atoms with Gasteiger partial charge >= 0.3 is 0 Å². The summed E-state index contributed by atoms with van der Waals surface area (Å²) in [4.78, 5) is 10.6. The van der Waals surface area contributed by atoms with Gasteiger partial charge in [-0.3, -0.25) is 4.52 Å². The van der Waals surface area contributed by atoms with Crippen LogP contribution in [0.4, 0.5) is 0 Å². The predicted octanol–water partition coefficient (Wildman–Crippen LogP) is 1.17. The summed E-state index contributed by atoms with van der Waals surface area (Å²) in [5.74, 6) is 0.355. The van der Waals surface area contributed by atoms with E-state index in [-0.39, 0.29) is 0 Å². The Morgan fingerprint density at radius 3 is 2.33 bits per heavy atom. The highest BCUT2D eigenvalue weighted by atomic mass is 33.1. The molecule has 0 fully saturated rings. The number of hydrogen-bond donors (Lipinski definition) is 1. The van der Waals surface area contributed by atoms with E-state index in [9.17, 15) is 4.89 Å². The Kier molecular flexibility index (Phi) is 4.51. The Balaban J connectivity index is 3.28. The third-order valence-electron chi connectivity index (χ3n) is 0.571. The molecule has 0 saturated carbocycles. The fourth-order valence-electron chi connectivity index (χ4n) is 0.243. The van der Waals surface area contributed by atoms with Gasteiger partial charge in [-0.05, 0) is 5.92 Å². The first-order valence-corrected chi connectivity index (χ1v) is 6.39. The molecule has 0 aliphatic heterocycles. The van der Waals surface area contributed by atoms with Crippen molar-refractivity contribution in [1.29, 1.82) is 0 Å². The molecular formula is C4H10O2PS2-. The molecule has 0 aromatic carbocycles. The Labute approximate surface area is 66.8 Å². The Morgan fingerprint density at radius 1 is 1.78 bits per heavy atom. The van der Waals surface area contributed by atoms with E-state index in [1.54, 1.807) is 0 Å². The Bertz CT molecular complexity index is 81.1. The van der Waals surface area contributed by atoms with Crippen molar-refractivity contribution in [2.75, 3.05) is 6.61 Å². The van der Waals surface area contributed by atoms with E-state index in [0.717, 1.165) is 0 Å². The summed E-state index contributed by atoms with van der Waals surface area (Å²) in [5.41, 5.74) is 0. The van der Waals surface area contributed by atoms with Crippen molar-refractivity contribution in [2.24, 2.45) is 5.92 Å². The molecule has 9 heavy (non-hydrogen) atoms. The van der Waals surface area contributed by atoms with E-state index >= 15 is 0 Å². The third kappa shape index (κ3) is 9.05. The van der Waals surface area contributed by atoms with Crippen molar-refractivity contribution in [3.05, 3.63) is 0 Å². The highest BCUT2D eigenvalue weighted by Gasteiger charge is 2.04. The molecule has 0 spiro atoms. The van der Waals surface area contributed by atoms with Crippen LogP contribution in [-0.4, -0.2) is 6.61 Å². The monoisotopic (exact) mass is 185 g/mol. The van der Waals surface area contributed by atoms with Crippen molar-refractivity contribution >= 4 is 30.6 Å². The fraction of sp³-hybridized carbons (Fsp3) is 1.00. The largest absolute Gasteiger partial charge is 0.663 e. The molecule has 0 bridgehead atoms. The van der Waals surface area contributed by atoms with Crippen LogP contribution in [0.25, 0.3) is 0 Å². The molecule has 0 heterocycles. The van der Waals surface area contributed by atoms with Crippen LogP contribution in [0.3, 0.4) is 0 Å². The molecule has 5 heteroatoms. The zero-order valence-electron chi connectivity index (χ0n) is 5.40. The van der Waals surface area contributed by atoms with Gasteiger partial charge in [0.1, 0.15) is 0 Å². The number of rotatable bonds is 3. The first-order chi connectivity index (χ1) is 3.92. The Morgan fingerprint density at radius 2 is 2.22 bits per heavy atom. The van der Waals surface area contributed by atoms with Crippen molar-refractivity contribution in [2.45, 2.75) is 13.8 Å². The van der Waals surface area contributed by atoms with Crippen LogP contribution in [-0.2, 0) is 16.8 Å². The molecule has 0 saturated heterocycles. The van der Waals surface area contributed by atoms with Gasteiger partial charge in [-0.1, -0.05) is 13.8 Å². The minimum Gasteiger partial charge on any atom is -0.663 e. The quantitative estimate of drug-likeness (QED) is 0.407. The Hall–Kier alpha value is 1.05. The van der Waals surface area contributed by atoms with Crippen LogP contribution in [0.2, 0.25) is 0 Å². The van der Waals surface area contributed by atoms with Crippen LogP contribution in [0, 0.1) is 5.92 Å². The van der Waals surface area contributed by atoms with Gasteiger partial charge in [0.05, 0.1) is 6.61 Å². The normalized spacial score (nSPS) is 18.0. The predicted molar refractivity (Wildman–Crippen MR) is 44.1 cm³/mol. The molecule has 0 N–H and O–H groups in total. The number of thiol groups is 1. The van der Waals surface area contributed by atoms with Gasteiger partial charge in [0.2, 0.25) is 0 Å². The molecule has 0 radical (unpaired) electrons. The van der Waals surface area contributed by atoms with E-state index in [0.29, 0.717) is 12.5 Å². The summed E-state index contributed by atoms with van der Waals surface area (Å²) in [6.07, 6.45) is -2.94. The minimum atomic E-state index is -2.94. The summed E-state index contributed by atoms with van der Waals surface area (Å²) in [7, 11) is 0. The van der Waals surface area contributed by atoms with Crippen molar-refractivity contribution in [1.82, 2.24) is 0 Å². The van der Waals surface area contributed by atoms with Crippen molar-refractivity contribution in [3.8, 4) is 0 Å². The minimum absolute atomic E-state index is 0.355. The van der Waals surface area contributed by atoms with E-state index < -0.39 is 6.12 Å². The molecule has 56 valence electrons. The van der Waals surface area contributed by atoms with Crippen LogP contribution in [0.1, 0.15) is 13.8 Å². The van der Waals surface area contributed by atoms with E-state index in [1.165, 1.54) is 0 Å². The smallest absolute Gasteiger partial charge is 0.0912 e. The molecule has 1 unspecified atom stereocenters. The SMILES string of the molecule is CC(C)CO[P+]([O-])([S-])S. The molecule has 0 rings (SSSR count). The molecule has 0 amide bonds. The number of hydrogen-bond acceptors (Lipinski definition) is 4.